The molecule has 0 aliphatic rings. The number of amides is 2. The van der Waals surface area contributed by atoms with Gasteiger partial charge in [0.1, 0.15) is 10.6 Å². The van der Waals surface area contributed by atoms with Crippen molar-refractivity contribution in [2.45, 2.75) is 25.7 Å². The summed E-state index contributed by atoms with van der Waals surface area (Å²) in [4.78, 5) is 24.7. The molecular weight excluding hydrogens is 460 g/mol. The van der Waals surface area contributed by atoms with E-state index in [1.807, 2.05) is 19.1 Å². The Kier molecular flexibility index (Phi) is 7.61. The molecule has 0 saturated heterocycles. The fraction of sp³-hybridized carbons (Fsp3) is 0.368. The Hall–Kier alpha value is -2.17. The molecule has 0 fully saturated rings. The molecule has 0 radical (unpaired) electrons. The van der Waals surface area contributed by atoms with Gasteiger partial charge < -0.3 is 15.2 Å². The summed E-state index contributed by atoms with van der Waals surface area (Å²) >= 11 is 3.36. The van der Waals surface area contributed by atoms with Crippen molar-refractivity contribution in [1.82, 2.24) is 14.2 Å². The Morgan fingerprint density at radius 2 is 1.83 bits per heavy atom. The number of carbonyl (C=O) groups excluding carboxylic acids is 2. The summed E-state index contributed by atoms with van der Waals surface area (Å²) in [5.74, 6) is -0.912. The van der Waals surface area contributed by atoms with E-state index in [0.29, 0.717) is 18.8 Å². The predicted molar refractivity (Wildman–Crippen MR) is 115 cm³/mol. The number of nitrogens with zero attached hydrogens (tertiary/aromatic N) is 2. The van der Waals surface area contributed by atoms with Crippen LogP contribution in [0.25, 0.3) is 0 Å². The first-order chi connectivity index (χ1) is 13.6. The quantitative estimate of drug-likeness (QED) is 0.600. The number of anilines is 1. The Morgan fingerprint density at radius 3 is 2.41 bits per heavy atom. The van der Waals surface area contributed by atoms with Gasteiger partial charge in [0.15, 0.2) is 0 Å². The number of hydrogen-bond acceptors (Lipinski definition) is 4. The summed E-state index contributed by atoms with van der Waals surface area (Å²) in [5.41, 5.74) is 1.69. The maximum atomic E-state index is 12.6. The van der Waals surface area contributed by atoms with Crippen LogP contribution in [0.5, 0.6) is 0 Å². The van der Waals surface area contributed by atoms with Gasteiger partial charge in [0.2, 0.25) is 15.9 Å². The highest BCUT2D eigenvalue weighted by atomic mass is 79.9. The van der Waals surface area contributed by atoms with Crippen molar-refractivity contribution >= 4 is 43.5 Å². The van der Waals surface area contributed by atoms with Gasteiger partial charge in [-0.2, -0.15) is 4.31 Å². The zero-order chi connectivity index (χ0) is 21.8. The monoisotopic (exact) mass is 484 g/mol. The van der Waals surface area contributed by atoms with Crippen LogP contribution in [0.3, 0.4) is 0 Å². The van der Waals surface area contributed by atoms with E-state index in [9.17, 15) is 18.0 Å². The van der Waals surface area contributed by atoms with Crippen LogP contribution in [0.15, 0.2) is 39.8 Å². The van der Waals surface area contributed by atoms with Gasteiger partial charge in [0.05, 0.1) is 6.54 Å². The van der Waals surface area contributed by atoms with Gasteiger partial charge in [-0.1, -0.05) is 29.8 Å². The second kappa shape index (κ2) is 9.55. The molecule has 8 nitrogen and oxygen atoms in total. The molecule has 1 aromatic heterocycles. The summed E-state index contributed by atoms with van der Waals surface area (Å²) in [6.07, 6.45) is 1.40. The normalized spacial score (nSPS) is 11.5. The third-order valence-corrected chi connectivity index (χ3v) is 6.94. The maximum Gasteiger partial charge on any atom is 0.268 e. The topological polar surface area (TPSA) is 101 Å². The fourth-order valence-corrected chi connectivity index (χ4v) is 4.83. The second-order valence-electron chi connectivity index (χ2n) is 6.45. The van der Waals surface area contributed by atoms with E-state index in [1.165, 1.54) is 21.1 Å². The van der Waals surface area contributed by atoms with Crippen molar-refractivity contribution in [1.29, 1.82) is 0 Å². The third kappa shape index (κ3) is 5.46. The molecule has 29 heavy (non-hydrogen) atoms. The molecule has 10 heteroatoms. The van der Waals surface area contributed by atoms with Crippen molar-refractivity contribution in [3.05, 3.63) is 46.2 Å². The minimum Gasteiger partial charge on any atom is -0.345 e. The molecule has 0 spiro atoms. The standard InChI is InChI=1S/C19H25BrN4O4S/c1-5-24(6-2)29(27,28)15-10-17(23(4)12-15)19(26)21-11-18(25)22-16-8-7-14(20)9-13(16)3/h7-10,12H,5-6,11H2,1-4H3,(H,21,26)(H,22,25). The molecule has 0 aliphatic heterocycles. The van der Waals surface area contributed by atoms with E-state index < -0.39 is 15.9 Å². The summed E-state index contributed by atoms with van der Waals surface area (Å²) in [5, 5.41) is 5.26. The van der Waals surface area contributed by atoms with Gasteiger partial charge >= 0.3 is 0 Å². The lowest BCUT2D eigenvalue weighted by Crippen LogP contribution is -2.33. The van der Waals surface area contributed by atoms with Gasteiger partial charge in [-0.25, -0.2) is 8.42 Å². The number of rotatable bonds is 8. The first-order valence-corrected chi connectivity index (χ1v) is 11.3. The van der Waals surface area contributed by atoms with Gasteiger partial charge in [0.25, 0.3) is 5.91 Å². The van der Waals surface area contributed by atoms with Crippen LogP contribution in [0, 0.1) is 6.92 Å². The SMILES string of the molecule is CCN(CC)S(=O)(=O)c1cc(C(=O)NCC(=O)Nc2ccc(Br)cc2C)n(C)c1. The van der Waals surface area contributed by atoms with E-state index in [4.69, 9.17) is 0 Å². The van der Waals surface area contributed by atoms with Crippen LogP contribution in [-0.2, 0) is 21.9 Å². The molecule has 2 rings (SSSR count). The number of aryl methyl sites for hydroxylation is 2. The number of carbonyl (C=O) groups is 2. The van der Waals surface area contributed by atoms with Crippen molar-refractivity contribution in [3.63, 3.8) is 0 Å². The Morgan fingerprint density at radius 1 is 1.17 bits per heavy atom. The summed E-state index contributed by atoms with van der Waals surface area (Å²) in [6.45, 7) is 5.81. The number of halogens is 1. The number of aromatic nitrogens is 1. The Bertz CT molecular complexity index is 1010. The minimum absolute atomic E-state index is 0.0452. The van der Waals surface area contributed by atoms with Crippen molar-refractivity contribution in [3.8, 4) is 0 Å². The van der Waals surface area contributed by atoms with Crippen LogP contribution < -0.4 is 10.6 Å². The average Bonchev–Trinajstić information content (AvgIpc) is 3.05. The van der Waals surface area contributed by atoms with Crippen molar-refractivity contribution in [2.24, 2.45) is 7.05 Å². The zero-order valence-corrected chi connectivity index (χ0v) is 19.2. The predicted octanol–water partition coefficient (Wildman–Crippen LogP) is 2.50. The van der Waals surface area contributed by atoms with Crippen LogP contribution in [0.2, 0.25) is 0 Å². The molecule has 1 aromatic carbocycles. The van der Waals surface area contributed by atoms with Crippen LogP contribution in [0.1, 0.15) is 29.9 Å². The molecule has 0 bridgehead atoms. The first-order valence-electron chi connectivity index (χ1n) is 9.10. The molecule has 158 valence electrons. The van der Waals surface area contributed by atoms with Crippen LogP contribution >= 0.6 is 15.9 Å². The van der Waals surface area contributed by atoms with E-state index in [1.54, 1.807) is 27.0 Å². The lowest BCUT2D eigenvalue weighted by Gasteiger charge is -2.17. The number of sulfonamides is 1. The molecule has 0 atom stereocenters. The molecule has 0 aliphatic carbocycles. The number of hydrogen-bond donors (Lipinski definition) is 2. The van der Waals surface area contributed by atoms with Gasteiger partial charge in [-0.05, 0) is 36.8 Å². The molecule has 0 unspecified atom stereocenters. The second-order valence-corrected chi connectivity index (χ2v) is 9.30. The van der Waals surface area contributed by atoms with E-state index >= 15 is 0 Å². The highest BCUT2D eigenvalue weighted by molar-refractivity contribution is 9.10. The lowest BCUT2D eigenvalue weighted by molar-refractivity contribution is -0.115. The first kappa shape index (κ1) is 23.1. The molecule has 2 aromatic rings. The highest BCUT2D eigenvalue weighted by Crippen LogP contribution is 2.20. The van der Waals surface area contributed by atoms with Gasteiger partial charge in [-0.15, -0.1) is 0 Å². The van der Waals surface area contributed by atoms with Gasteiger partial charge in [-0.3, -0.25) is 9.59 Å². The molecule has 2 amide bonds. The van der Waals surface area contributed by atoms with Crippen LogP contribution in [-0.4, -0.2) is 48.7 Å². The average molecular weight is 485 g/mol. The highest BCUT2D eigenvalue weighted by Gasteiger charge is 2.25. The van der Waals surface area contributed by atoms with Crippen molar-refractivity contribution in [2.75, 3.05) is 25.0 Å². The molecule has 1 heterocycles. The smallest absolute Gasteiger partial charge is 0.268 e. The van der Waals surface area contributed by atoms with E-state index in [-0.39, 0.29) is 23.0 Å². The minimum atomic E-state index is -3.67. The third-order valence-electron chi connectivity index (χ3n) is 4.43. The van der Waals surface area contributed by atoms with Crippen molar-refractivity contribution < 1.29 is 18.0 Å². The summed E-state index contributed by atoms with van der Waals surface area (Å²) in [7, 11) is -2.08. The van der Waals surface area contributed by atoms with Gasteiger partial charge in [0, 0.05) is 36.5 Å². The zero-order valence-electron chi connectivity index (χ0n) is 16.8. The van der Waals surface area contributed by atoms with E-state index in [2.05, 4.69) is 26.6 Å². The van der Waals surface area contributed by atoms with Crippen LogP contribution in [0.4, 0.5) is 5.69 Å². The Labute approximate surface area is 179 Å². The van der Waals surface area contributed by atoms with E-state index in [0.717, 1.165) is 10.0 Å². The fourth-order valence-electron chi connectivity index (χ4n) is 2.83. The Balaban J connectivity index is 2.06. The number of nitrogens with one attached hydrogen (secondary N) is 2. The molecule has 2 N–H and O–H groups in total. The largest absolute Gasteiger partial charge is 0.345 e. The molecular formula is C19H25BrN4O4S. The number of benzene rings is 1. The maximum absolute atomic E-state index is 12.6. The summed E-state index contributed by atoms with van der Waals surface area (Å²) < 4.78 is 28.9. The molecule has 0 saturated carbocycles. The summed E-state index contributed by atoms with van der Waals surface area (Å²) in [6, 6.07) is 6.76. The lowest BCUT2D eigenvalue weighted by atomic mass is 10.2.